The third-order valence-electron chi connectivity index (χ3n) is 2.42. The van der Waals surface area contributed by atoms with Gasteiger partial charge < -0.3 is 10.5 Å². The normalized spacial score (nSPS) is 31.0. The molecule has 1 heterocycles. The van der Waals surface area contributed by atoms with E-state index in [0.29, 0.717) is 19.8 Å². The summed E-state index contributed by atoms with van der Waals surface area (Å²) in [5.74, 6) is 0.191. The molecule has 2 unspecified atom stereocenters. The molecule has 0 saturated carbocycles. The van der Waals surface area contributed by atoms with Crippen LogP contribution in [0.4, 0.5) is 8.78 Å². The first-order chi connectivity index (χ1) is 5.74. The summed E-state index contributed by atoms with van der Waals surface area (Å²) in [6.45, 7) is 1.62. The second-order valence-electron chi connectivity index (χ2n) is 3.25. The molecule has 0 aromatic heterocycles. The summed E-state index contributed by atoms with van der Waals surface area (Å²) < 4.78 is 29.2. The Morgan fingerprint density at radius 2 is 2.17 bits per heavy atom. The van der Waals surface area contributed by atoms with Crippen molar-refractivity contribution in [1.82, 2.24) is 0 Å². The molecule has 0 radical (unpaired) electrons. The summed E-state index contributed by atoms with van der Waals surface area (Å²) in [6, 6.07) is 0. The first-order valence-electron chi connectivity index (χ1n) is 4.30. The van der Waals surface area contributed by atoms with Gasteiger partial charge in [-0.3, -0.25) is 0 Å². The van der Waals surface area contributed by atoms with Crippen LogP contribution in [0.15, 0.2) is 0 Å². The molecule has 1 rings (SSSR count). The van der Waals surface area contributed by atoms with E-state index in [-0.39, 0.29) is 18.3 Å². The van der Waals surface area contributed by atoms with Crippen molar-refractivity contribution in [3.63, 3.8) is 0 Å². The van der Waals surface area contributed by atoms with Gasteiger partial charge in [-0.15, -0.1) is 0 Å². The summed E-state index contributed by atoms with van der Waals surface area (Å²) in [6.07, 6.45) is -1.47. The molecule has 0 spiro atoms. The third kappa shape index (κ3) is 2.68. The Hall–Kier alpha value is -0.220. The van der Waals surface area contributed by atoms with Crippen LogP contribution in [0, 0.1) is 11.8 Å². The van der Waals surface area contributed by atoms with Gasteiger partial charge in [-0.2, -0.15) is 0 Å². The maximum atomic E-state index is 12.0. The second-order valence-corrected chi connectivity index (χ2v) is 3.25. The lowest BCUT2D eigenvalue weighted by Gasteiger charge is -2.30. The predicted molar refractivity (Wildman–Crippen MR) is 42.1 cm³/mol. The zero-order valence-corrected chi connectivity index (χ0v) is 7.01. The van der Waals surface area contributed by atoms with Crippen molar-refractivity contribution in [1.29, 1.82) is 0 Å². The summed E-state index contributed by atoms with van der Waals surface area (Å²) in [5.41, 5.74) is 5.47. The van der Waals surface area contributed by atoms with Crippen LogP contribution in [0.25, 0.3) is 0 Å². The highest BCUT2D eigenvalue weighted by Gasteiger charge is 2.26. The van der Waals surface area contributed by atoms with Crippen LogP contribution in [-0.4, -0.2) is 26.2 Å². The fourth-order valence-corrected chi connectivity index (χ4v) is 1.64. The number of hydrogen-bond donors (Lipinski definition) is 1. The highest BCUT2D eigenvalue weighted by Crippen LogP contribution is 2.26. The topological polar surface area (TPSA) is 35.2 Å². The molecule has 0 amide bonds. The van der Waals surface area contributed by atoms with Gasteiger partial charge in [0.05, 0.1) is 0 Å². The smallest absolute Gasteiger partial charge is 0.239 e. The summed E-state index contributed by atoms with van der Waals surface area (Å²) in [7, 11) is 0. The van der Waals surface area contributed by atoms with Crippen molar-refractivity contribution >= 4 is 0 Å². The number of rotatable bonds is 3. The Morgan fingerprint density at radius 3 is 2.75 bits per heavy atom. The Balaban J connectivity index is 2.36. The average molecular weight is 179 g/mol. The van der Waals surface area contributed by atoms with Gasteiger partial charge in [0.2, 0.25) is 6.43 Å². The zero-order chi connectivity index (χ0) is 8.97. The summed E-state index contributed by atoms with van der Waals surface area (Å²) in [4.78, 5) is 0. The molecule has 2 nitrogen and oxygen atoms in total. The Labute approximate surface area is 71.1 Å². The number of ether oxygens (including phenoxy) is 1. The standard InChI is InChI=1S/C8H15F2NO/c9-8(10)3-7-5-12-2-1-6(7)4-11/h6-8H,1-5,11H2. The van der Waals surface area contributed by atoms with E-state index in [0.717, 1.165) is 6.42 Å². The molecule has 0 aromatic carbocycles. The molecule has 1 fully saturated rings. The van der Waals surface area contributed by atoms with Crippen molar-refractivity contribution in [2.75, 3.05) is 19.8 Å². The first-order valence-corrected chi connectivity index (χ1v) is 4.30. The monoisotopic (exact) mass is 179 g/mol. The van der Waals surface area contributed by atoms with E-state index in [4.69, 9.17) is 10.5 Å². The fraction of sp³-hybridized carbons (Fsp3) is 1.00. The number of nitrogens with two attached hydrogens (primary N) is 1. The molecule has 0 aromatic rings. The number of alkyl halides is 2. The highest BCUT2D eigenvalue weighted by atomic mass is 19.3. The van der Waals surface area contributed by atoms with Crippen LogP contribution >= 0.6 is 0 Å². The minimum atomic E-state index is -2.23. The molecular formula is C8H15F2NO. The van der Waals surface area contributed by atoms with Gasteiger partial charge in [0.15, 0.2) is 0 Å². The number of hydrogen-bond acceptors (Lipinski definition) is 2. The average Bonchev–Trinajstić information content (AvgIpc) is 2.04. The highest BCUT2D eigenvalue weighted by molar-refractivity contribution is 4.74. The zero-order valence-electron chi connectivity index (χ0n) is 7.01. The van der Waals surface area contributed by atoms with Gasteiger partial charge in [0.1, 0.15) is 0 Å². The van der Waals surface area contributed by atoms with Crippen molar-refractivity contribution in [3.8, 4) is 0 Å². The number of halogens is 2. The molecule has 1 saturated heterocycles. The van der Waals surface area contributed by atoms with Crippen LogP contribution < -0.4 is 5.73 Å². The van der Waals surface area contributed by atoms with Crippen LogP contribution in [0.2, 0.25) is 0 Å². The van der Waals surface area contributed by atoms with E-state index in [1.54, 1.807) is 0 Å². The first kappa shape index (κ1) is 9.86. The van der Waals surface area contributed by atoms with Crippen LogP contribution in [0.3, 0.4) is 0 Å². The van der Waals surface area contributed by atoms with Crippen molar-refractivity contribution < 1.29 is 13.5 Å². The molecule has 1 aliphatic rings. The molecule has 1 aliphatic heterocycles. The SMILES string of the molecule is NCC1CCOCC1CC(F)F. The fourth-order valence-electron chi connectivity index (χ4n) is 1.64. The van der Waals surface area contributed by atoms with E-state index in [1.807, 2.05) is 0 Å². The van der Waals surface area contributed by atoms with Crippen LogP contribution in [-0.2, 0) is 4.74 Å². The molecule has 0 bridgehead atoms. The maximum Gasteiger partial charge on any atom is 0.239 e. The Bertz CT molecular complexity index is 132. The summed E-state index contributed by atoms with van der Waals surface area (Å²) >= 11 is 0. The van der Waals surface area contributed by atoms with E-state index in [1.165, 1.54) is 0 Å². The lowest BCUT2D eigenvalue weighted by molar-refractivity contribution is -0.00991. The van der Waals surface area contributed by atoms with Crippen molar-refractivity contribution in [2.45, 2.75) is 19.3 Å². The van der Waals surface area contributed by atoms with Gasteiger partial charge in [0, 0.05) is 19.6 Å². The quantitative estimate of drug-likeness (QED) is 0.707. The van der Waals surface area contributed by atoms with Crippen molar-refractivity contribution in [2.24, 2.45) is 17.6 Å². The molecule has 0 aliphatic carbocycles. The van der Waals surface area contributed by atoms with Gasteiger partial charge in [0.25, 0.3) is 0 Å². The molecule has 4 heteroatoms. The molecule has 72 valence electrons. The minimum Gasteiger partial charge on any atom is -0.381 e. The maximum absolute atomic E-state index is 12.0. The van der Waals surface area contributed by atoms with Gasteiger partial charge in [-0.25, -0.2) is 8.78 Å². The van der Waals surface area contributed by atoms with E-state index in [9.17, 15) is 8.78 Å². The largest absolute Gasteiger partial charge is 0.381 e. The molecule has 2 N–H and O–H groups in total. The van der Waals surface area contributed by atoms with Crippen LogP contribution in [0.5, 0.6) is 0 Å². The summed E-state index contributed by atoms with van der Waals surface area (Å²) in [5, 5.41) is 0. The van der Waals surface area contributed by atoms with Gasteiger partial charge in [-0.05, 0) is 24.8 Å². The lowest BCUT2D eigenvalue weighted by Crippen LogP contribution is -2.33. The van der Waals surface area contributed by atoms with E-state index >= 15 is 0 Å². The predicted octanol–water partition coefficient (Wildman–Crippen LogP) is 1.25. The van der Waals surface area contributed by atoms with Crippen LogP contribution in [0.1, 0.15) is 12.8 Å². The molecule has 12 heavy (non-hydrogen) atoms. The molecule has 2 atom stereocenters. The Morgan fingerprint density at radius 1 is 1.42 bits per heavy atom. The molecular weight excluding hydrogens is 164 g/mol. The second kappa shape index (κ2) is 4.72. The van der Waals surface area contributed by atoms with Crippen molar-refractivity contribution in [3.05, 3.63) is 0 Å². The minimum absolute atomic E-state index is 0.0382. The third-order valence-corrected chi connectivity index (χ3v) is 2.42. The van der Waals surface area contributed by atoms with E-state index in [2.05, 4.69) is 0 Å². The van der Waals surface area contributed by atoms with Gasteiger partial charge >= 0.3 is 0 Å². The Kier molecular flexibility index (Phi) is 3.88. The van der Waals surface area contributed by atoms with Gasteiger partial charge in [-0.1, -0.05) is 0 Å². The lowest BCUT2D eigenvalue weighted by atomic mass is 9.86. The van der Waals surface area contributed by atoms with E-state index < -0.39 is 6.43 Å².